The maximum Gasteiger partial charge on any atom is 0.311 e. The van der Waals surface area contributed by atoms with Crippen LogP contribution in [0.25, 0.3) is 0 Å². The third-order valence-electron chi connectivity index (χ3n) is 5.85. The molecule has 0 N–H and O–H groups in total. The number of hydrogen-bond acceptors (Lipinski definition) is 3. The highest BCUT2D eigenvalue weighted by Gasteiger charge is 2.27. The molecule has 0 spiro atoms. The SMILES string of the molecule is CC(C)(C)CC(C)(C)c1ccc(OCC[N+](C)(C)Cc2ccc(OC(=O)CCCBr)cc2)cc1. The Kier molecular flexibility index (Phi) is 10.2. The molecule has 188 valence electrons. The van der Waals surface area contributed by atoms with E-state index >= 15 is 0 Å². The third-order valence-corrected chi connectivity index (χ3v) is 6.41. The van der Waals surface area contributed by atoms with Gasteiger partial charge in [0, 0.05) is 17.3 Å². The van der Waals surface area contributed by atoms with Crippen molar-refractivity contribution in [3.05, 3.63) is 59.7 Å². The molecular formula is C29H43BrNO3+. The Morgan fingerprint density at radius 3 is 2.06 bits per heavy atom. The summed E-state index contributed by atoms with van der Waals surface area (Å²) in [6.07, 6.45) is 2.34. The zero-order valence-electron chi connectivity index (χ0n) is 22.1. The molecule has 0 heterocycles. The van der Waals surface area contributed by atoms with Crippen molar-refractivity contribution in [2.45, 2.75) is 65.8 Å². The predicted octanol–water partition coefficient (Wildman–Crippen LogP) is 7.14. The molecule has 0 unspecified atom stereocenters. The molecule has 0 aliphatic rings. The quantitative estimate of drug-likeness (QED) is 0.126. The summed E-state index contributed by atoms with van der Waals surface area (Å²) < 4.78 is 12.3. The van der Waals surface area contributed by atoms with Crippen LogP contribution < -0.4 is 9.47 Å². The molecule has 0 radical (unpaired) electrons. The van der Waals surface area contributed by atoms with E-state index in [1.54, 1.807) is 0 Å². The van der Waals surface area contributed by atoms with E-state index in [-0.39, 0.29) is 11.4 Å². The van der Waals surface area contributed by atoms with Gasteiger partial charge in [0.15, 0.2) is 0 Å². The van der Waals surface area contributed by atoms with Gasteiger partial charge >= 0.3 is 5.97 Å². The smallest absolute Gasteiger partial charge is 0.311 e. The molecule has 5 heteroatoms. The largest absolute Gasteiger partial charge is 0.488 e. The molecular weight excluding hydrogens is 490 g/mol. The van der Waals surface area contributed by atoms with Gasteiger partial charge in [0.2, 0.25) is 0 Å². The summed E-state index contributed by atoms with van der Waals surface area (Å²) in [5.74, 6) is 1.33. The van der Waals surface area contributed by atoms with Crippen LogP contribution in [0.2, 0.25) is 0 Å². The van der Waals surface area contributed by atoms with E-state index in [0.29, 0.717) is 24.2 Å². The lowest BCUT2D eigenvalue weighted by Gasteiger charge is -2.33. The topological polar surface area (TPSA) is 35.5 Å². The zero-order chi connectivity index (χ0) is 25.4. The number of carbonyl (C=O) groups is 1. The second-order valence-electron chi connectivity index (χ2n) is 11.7. The summed E-state index contributed by atoms with van der Waals surface area (Å²) in [6, 6.07) is 16.4. The van der Waals surface area contributed by atoms with Gasteiger partial charge in [0.05, 0.1) is 14.1 Å². The average molecular weight is 534 g/mol. The number of alkyl halides is 1. The number of quaternary nitrogens is 1. The number of esters is 1. The first-order chi connectivity index (χ1) is 15.8. The van der Waals surface area contributed by atoms with Crippen LogP contribution in [0.5, 0.6) is 11.5 Å². The number of rotatable bonds is 12. The van der Waals surface area contributed by atoms with Crippen molar-refractivity contribution in [1.82, 2.24) is 0 Å². The maximum absolute atomic E-state index is 11.8. The molecule has 0 bridgehead atoms. The van der Waals surface area contributed by atoms with E-state index in [1.165, 1.54) is 11.1 Å². The first-order valence-corrected chi connectivity index (χ1v) is 13.3. The fraction of sp³-hybridized carbons (Fsp3) is 0.552. The molecule has 0 saturated carbocycles. The van der Waals surface area contributed by atoms with Crippen LogP contribution in [0.4, 0.5) is 0 Å². The Bertz CT molecular complexity index is 896. The van der Waals surface area contributed by atoms with Crippen LogP contribution in [0, 0.1) is 5.41 Å². The van der Waals surface area contributed by atoms with Crippen LogP contribution in [0.1, 0.15) is 65.0 Å². The molecule has 2 aromatic rings. The van der Waals surface area contributed by atoms with Gasteiger partial charge in [0.1, 0.15) is 31.2 Å². The number of ether oxygens (including phenoxy) is 2. The normalized spacial score (nSPS) is 12.5. The summed E-state index contributed by atoms with van der Waals surface area (Å²) >= 11 is 3.33. The standard InChI is InChI=1S/C29H43BrNO3/c1-28(2,3)22-29(4,5)24-12-16-25(17-13-24)33-20-19-31(6,7)21-23-10-14-26(15-11-23)34-27(32)9-8-18-30/h10-17H,8-9,18-22H2,1-7H3/q+1. The van der Waals surface area contributed by atoms with Crippen molar-refractivity contribution in [3.63, 3.8) is 0 Å². The van der Waals surface area contributed by atoms with Gasteiger partial charge in [-0.05, 0) is 65.6 Å². The van der Waals surface area contributed by atoms with Crippen LogP contribution in [0.3, 0.4) is 0 Å². The number of hydrogen-bond donors (Lipinski definition) is 0. The molecule has 0 aliphatic carbocycles. The Labute approximate surface area is 215 Å². The Morgan fingerprint density at radius 2 is 1.50 bits per heavy atom. The molecule has 0 fully saturated rings. The second-order valence-corrected chi connectivity index (χ2v) is 12.5. The van der Waals surface area contributed by atoms with Crippen molar-refractivity contribution >= 4 is 21.9 Å². The van der Waals surface area contributed by atoms with Gasteiger partial charge < -0.3 is 14.0 Å². The number of halogens is 1. The van der Waals surface area contributed by atoms with E-state index in [0.717, 1.165) is 41.5 Å². The van der Waals surface area contributed by atoms with Crippen LogP contribution in [0.15, 0.2) is 48.5 Å². The van der Waals surface area contributed by atoms with Crippen molar-refractivity contribution in [2.75, 3.05) is 32.6 Å². The molecule has 34 heavy (non-hydrogen) atoms. The van der Waals surface area contributed by atoms with Crippen LogP contribution in [-0.4, -0.2) is 43.0 Å². The second kappa shape index (κ2) is 12.2. The molecule has 2 aromatic carbocycles. The Balaban J connectivity index is 1.83. The van der Waals surface area contributed by atoms with Gasteiger partial charge in [-0.2, -0.15) is 0 Å². The Morgan fingerprint density at radius 1 is 0.912 bits per heavy atom. The van der Waals surface area contributed by atoms with E-state index in [2.05, 4.69) is 88.9 Å². The van der Waals surface area contributed by atoms with Gasteiger partial charge in [-0.1, -0.05) is 62.7 Å². The lowest BCUT2D eigenvalue weighted by atomic mass is 9.72. The van der Waals surface area contributed by atoms with E-state index in [9.17, 15) is 4.79 Å². The lowest BCUT2D eigenvalue weighted by Crippen LogP contribution is -2.41. The summed E-state index contributed by atoms with van der Waals surface area (Å²) in [5, 5.41) is 0.804. The van der Waals surface area contributed by atoms with E-state index < -0.39 is 0 Å². The number of benzene rings is 2. The summed E-state index contributed by atoms with van der Waals surface area (Å²) in [5.41, 5.74) is 2.98. The summed E-state index contributed by atoms with van der Waals surface area (Å²) in [7, 11) is 4.41. The molecule has 0 saturated heterocycles. The summed E-state index contributed by atoms with van der Waals surface area (Å²) in [4.78, 5) is 11.8. The summed E-state index contributed by atoms with van der Waals surface area (Å²) in [6.45, 7) is 13.9. The first-order valence-electron chi connectivity index (χ1n) is 12.2. The van der Waals surface area contributed by atoms with Gasteiger partial charge in [-0.3, -0.25) is 4.79 Å². The first kappa shape index (κ1) is 28.4. The highest BCUT2D eigenvalue weighted by atomic mass is 79.9. The van der Waals surface area contributed by atoms with Crippen molar-refractivity contribution < 1.29 is 18.8 Å². The molecule has 0 aromatic heterocycles. The van der Waals surface area contributed by atoms with Gasteiger partial charge in [0.25, 0.3) is 0 Å². The minimum absolute atomic E-state index is 0.136. The highest BCUT2D eigenvalue weighted by molar-refractivity contribution is 9.09. The molecule has 4 nitrogen and oxygen atoms in total. The fourth-order valence-electron chi connectivity index (χ4n) is 4.47. The average Bonchev–Trinajstić information content (AvgIpc) is 2.72. The van der Waals surface area contributed by atoms with Crippen molar-refractivity contribution in [1.29, 1.82) is 0 Å². The molecule has 0 aliphatic heterocycles. The van der Waals surface area contributed by atoms with Crippen LogP contribution >= 0.6 is 15.9 Å². The molecule has 0 atom stereocenters. The molecule has 2 rings (SSSR count). The third kappa shape index (κ3) is 10.2. The lowest BCUT2D eigenvalue weighted by molar-refractivity contribution is -0.903. The predicted molar refractivity (Wildman–Crippen MR) is 145 cm³/mol. The number of carbonyl (C=O) groups excluding carboxylic acids is 1. The zero-order valence-corrected chi connectivity index (χ0v) is 23.7. The number of likely N-dealkylation sites (N-methyl/N-ethyl adjacent to an activating group) is 1. The fourth-order valence-corrected chi connectivity index (χ4v) is 4.75. The Hall–Kier alpha value is -1.85. The monoisotopic (exact) mass is 532 g/mol. The minimum Gasteiger partial charge on any atom is -0.488 e. The van der Waals surface area contributed by atoms with Crippen LogP contribution in [-0.2, 0) is 16.8 Å². The molecule has 0 amide bonds. The van der Waals surface area contributed by atoms with Gasteiger partial charge in [-0.15, -0.1) is 0 Å². The number of nitrogens with zero attached hydrogens (tertiary/aromatic N) is 1. The van der Waals surface area contributed by atoms with E-state index in [1.807, 2.05) is 24.3 Å². The maximum atomic E-state index is 11.8. The van der Waals surface area contributed by atoms with Gasteiger partial charge in [-0.25, -0.2) is 0 Å². The minimum atomic E-state index is -0.189. The van der Waals surface area contributed by atoms with Crippen molar-refractivity contribution in [2.24, 2.45) is 5.41 Å². The van der Waals surface area contributed by atoms with Crippen molar-refractivity contribution in [3.8, 4) is 11.5 Å². The van der Waals surface area contributed by atoms with E-state index in [4.69, 9.17) is 9.47 Å². The highest BCUT2D eigenvalue weighted by Crippen LogP contribution is 2.36.